The molecule has 4 nitrogen and oxygen atoms in total. The van der Waals surface area contributed by atoms with E-state index >= 15 is 0 Å². The fraction of sp³-hybridized carbons (Fsp3) is 0.929. The first-order valence-corrected chi connectivity index (χ1v) is 7.21. The third-order valence-corrected chi connectivity index (χ3v) is 4.39. The molecule has 0 spiro atoms. The van der Waals surface area contributed by atoms with Crippen molar-refractivity contribution in [3.63, 3.8) is 0 Å². The highest BCUT2D eigenvalue weighted by atomic mass is 16.5. The quantitative estimate of drug-likeness (QED) is 0.840. The molecule has 2 aliphatic heterocycles. The number of hydrogen-bond acceptors (Lipinski definition) is 3. The zero-order valence-corrected chi connectivity index (χ0v) is 11.4. The van der Waals surface area contributed by atoms with E-state index in [1.165, 1.54) is 25.7 Å². The van der Waals surface area contributed by atoms with Gasteiger partial charge in [0, 0.05) is 12.1 Å². The van der Waals surface area contributed by atoms with Gasteiger partial charge in [-0.25, -0.2) is 0 Å². The van der Waals surface area contributed by atoms with Crippen molar-refractivity contribution in [3.8, 4) is 0 Å². The maximum Gasteiger partial charge on any atom is 0.305 e. The highest BCUT2D eigenvalue weighted by molar-refractivity contribution is 5.68. The molecule has 0 aromatic heterocycles. The summed E-state index contributed by atoms with van der Waals surface area (Å²) in [6.45, 7) is 4.87. The first kappa shape index (κ1) is 13.8. The molecule has 0 amide bonds. The third kappa shape index (κ3) is 3.23. The molecule has 2 rings (SSSR count). The summed E-state index contributed by atoms with van der Waals surface area (Å²) < 4.78 is 5.62. The van der Waals surface area contributed by atoms with Crippen molar-refractivity contribution in [1.82, 2.24) is 4.90 Å². The van der Waals surface area contributed by atoms with Crippen LogP contribution >= 0.6 is 0 Å². The van der Waals surface area contributed by atoms with Crippen LogP contribution in [0.15, 0.2) is 0 Å². The molecule has 0 saturated carbocycles. The summed E-state index contributed by atoms with van der Waals surface area (Å²) >= 11 is 0. The Morgan fingerprint density at radius 3 is 2.56 bits per heavy atom. The van der Waals surface area contributed by atoms with Crippen LogP contribution in [0.1, 0.15) is 51.9 Å². The molecule has 2 atom stereocenters. The Kier molecular flexibility index (Phi) is 4.62. The molecule has 0 aromatic carbocycles. The highest BCUT2D eigenvalue weighted by Crippen LogP contribution is 2.35. The fourth-order valence-corrected chi connectivity index (χ4v) is 3.53. The van der Waals surface area contributed by atoms with E-state index in [0.717, 1.165) is 25.9 Å². The van der Waals surface area contributed by atoms with E-state index in [-0.39, 0.29) is 18.1 Å². The Morgan fingerprint density at radius 2 is 2.00 bits per heavy atom. The van der Waals surface area contributed by atoms with Crippen LogP contribution in [0.2, 0.25) is 0 Å². The van der Waals surface area contributed by atoms with E-state index in [1.54, 1.807) is 0 Å². The summed E-state index contributed by atoms with van der Waals surface area (Å²) in [6, 6.07) is 0. The van der Waals surface area contributed by atoms with Gasteiger partial charge in [-0.2, -0.15) is 0 Å². The lowest BCUT2D eigenvalue weighted by molar-refractivity contribution is -0.144. The molecule has 2 aliphatic rings. The SMILES string of the molecule is CC1CC(CC(=O)O)(N2CCCCCC2)CCO1. The monoisotopic (exact) mass is 255 g/mol. The molecule has 0 radical (unpaired) electrons. The van der Waals surface area contributed by atoms with Crippen LogP contribution in [-0.4, -0.2) is 47.3 Å². The summed E-state index contributed by atoms with van der Waals surface area (Å²) in [4.78, 5) is 13.7. The first-order chi connectivity index (χ1) is 8.62. The van der Waals surface area contributed by atoms with Crippen molar-refractivity contribution in [3.05, 3.63) is 0 Å². The minimum atomic E-state index is -0.673. The molecule has 18 heavy (non-hydrogen) atoms. The van der Waals surface area contributed by atoms with E-state index in [9.17, 15) is 9.90 Å². The van der Waals surface area contributed by atoms with E-state index in [0.29, 0.717) is 6.61 Å². The van der Waals surface area contributed by atoms with Crippen LogP contribution in [0.4, 0.5) is 0 Å². The molecule has 104 valence electrons. The predicted molar refractivity (Wildman–Crippen MR) is 69.7 cm³/mol. The Morgan fingerprint density at radius 1 is 1.33 bits per heavy atom. The molecule has 4 heteroatoms. The standard InChI is InChI=1S/C14H25NO3/c1-12-10-14(6-9-18-12,11-13(16)17)15-7-4-2-3-5-8-15/h12H,2-11H2,1H3,(H,16,17). The lowest BCUT2D eigenvalue weighted by atomic mass is 9.82. The minimum Gasteiger partial charge on any atom is -0.481 e. The molecule has 0 aliphatic carbocycles. The van der Waals surface area contributed by atoms with Gasteiger partial charge in [-0.05, 0) is 45.7 Å². The van der Waals surface area contributed by atoms with E-state index in [1.807, 2.05) is 0 Å². The largest absolute Gasteiger partial charge is 0.481 e. The third-order valence-electron chi connectivity index (χ3n) is 4.39. The summed E-state index contributed by atoms with van der Waals surface area (Å²) in [5.74, 6) is -0.673. The van der Waals surface area contributed by atoms with Gasteiger partial charge in [0.25, 0.3) is 0 Å². The number of carboxylic acids is 1. The molecular formula is C14H25NO3. The number of nitrogens with zero attached hydrogens (tertiary/aromatic N) is 1. The number of carbonyl (C=O) groups is 1. The summed E-state index contributed by atoms with van der Waals surface area (Å²) in [6.07, 6.45) is 7.15. The molecule has 2 heterocycles. The smallest absolute Gasteiger partial charge is 0.305 e. The lowest BCUT2D eigenvalue weighted by Gasteiger charge is -2.47. The first-order valence-electron chi connectivity index (χ1n) is 7.21. The normalized spacial score (nSPS) is 35.1. The van der Waals surface area contributed by atoms with Gasteiger partial charge in [0.15, 0.2) is 0 Å². The van der Waals surface area contributed by atoms with Gasteiger partial charge in [-0.1, -0.05) is 12.8 Å². The minimum absolute atomic E-state index is 0.159. The van der Waals surface area contributed by atoms with Crippen molar-refractivity contribution >= 4 is 5.97 Å². The molecule has 0 bridgehead atoms. The average molecular weight is 255 g/mol. The van der Waals surface area contributed by atoms with Gasteiger partial charge in [-0.15, -0.1) is 0 Å². The van der Waals surface area contributed by atoms with E-state index in [4.69, 9.17) is 4.74 Å². The summed E-state index contributed by atoms with van der Waals surface area (Å²) in [5, 5.41) is 9.25. The Balaban J connectivity index is 2.13. The van der Waals surface area contributed by atoms with Crippen LogP contribution < -0.4 is 0 Å². The van der Waals surface area contributed by atoms with Crippen LogP contribution in [0, 0.1) is 0 Å². The number of rotatable bonds is 3. The lowest BCUT2D eigenvalue weighted by Crippen LogP contribution is -2.55. The maximum atomic E-state index is 11.2. The molecule has 1 N–H and O–H groups in total. The van der Waals surface area contributed by atoms with Gasteiger partial charge in [-0.3, -0.25) is 9.69 Å². The van der Waals surface area contributed by atoms with E-state index in [2.05, 4.69) is 11.8 Å². The van der Waals surface area contributed by atoms with Crippen LogP contribution in [0.5, 0.6) is 0 Å². The zero-order chi connectivity index (χ0) is 13.0. The second kappa shape index (κ2) is 6.02. The Labute approximate surface area is 109 Å². The summed E-state index contributed by atoms with van der Waals surface area (Å²) in [5.41, 5.74) is -0.159. The fourth-order valence-electron chi connectivity index (χ4n) is 3.53. The molecule has 2 saturated heterocycles. The topological polar surface area (TPSA) is 49.8 Å². The number of ether oxygens (including phenoxy) is 1. The maximum absolute atomic E-state index is 11.2. The van der Waals surface area contributed by atoms with Gasteiger partial charge in [0.2, 0.25) is 0 Å². The Bertz CT molecular complexity index is 287. The number of aliphatic carboxylic acids is 1. The van der Waals surface area contributed by atoms with E-state index < -0.39 is 5.97 Å². The van der Waals surface area contributed by atoms with Gasteiger partial charge in [0.05, 0.1) is 12.5 Å². The molecule has 2 fully saturated rings. The van der Waals surface area contributed by atoms with Gasteiger partial charge < -0.3 is 9.84 Å². The van der Waals surface area contributed by atoms with Crippen LogP contribution in [0.3, 0.4) is 0 Å². The highest BCUT2D eigenvalue weighted by Gasteiger charge is 2.42. The molecule has 0 aromatic rings. The Hall–Kier alpha value is -0.610. The second-order valence-electron chi connectivity index (χ2n) is 5.83. The van der Waals surface area contributed by atoms with Crippen molar-refractivity contribution in [1.29, 1.82) is 0 Å². The average Bonchev–Trinajstić information content (AvgIpc) is 2.56. The number of carboxylic acid groups (broad SMARTS) is 1. The molecule has 2 unspecified atom stereocenters. The van der Waals surface area contributed by atoms with Crippen LogP contribution in [0.25, 0.3) is 0 Å². The molecular weight excluding hydrogens is 230 g/mol. The van der Waals surface area contributed by atoms with Crippen molar-refractivity contribution in [2.45, 2.75) is 63.5 Å². The predicted octanol–water partition coefficient (Wildman–Crippen LogP) is 2.27. The van der Waals surface area contributed by atoms with Crippen molar-refractivity contribution in [2.24, 2.45) is 0 Å². The summed E-state index contributed by atoms with van der Waals surface area (Å²) in [7, 11) is 0. The zero-order valence-electron chi connectivity index (χ0n) is 11.4. The van der Waals surface area contributed by atoms with Gasteiger partial charge in [0.1, 0.15) is 0 Å². The number of hydrogen-bond donors (Lipinski definition) is 1. The number of likely N-dealkylation sites (tertiary alicyclic amines) is 1. The van der Waals surface area contributed by atoms with Gasteiger partial charge >= 0.3 is 5.97 Å². The van der Waals surface area contributed by atoms with Crippen LogP contribution in [-0.2, 0) is 9.53 Å². The van der Waals surface area contributed by atoms with Crippen molar-refractivity contribution in [2.75, 3.05) is 19.7 Å². The second-order valence-corrected chi connectivity index (χ2v) is 5.83. The van der Waals surface area contributed by atoms with Crippen molar-refractivity contribution < 1.29 is 14.6 Å².